The van der Waals surface area contributed by atoms with Crippen LogP contribution in [-0.2, 0) is 6.42 Å². The molecule has 0 atom stereocenters. The van der Waals surface area contributed by atoms with Gasteiger partial charge in [0.1, 0.15) is 16.2 Å². The summed E-state index contributed by atoms with van der Waals surface area (Å²) in [5, 5.41) is 3.41. The molecule has 1 fully saturated rings. The predicted molar refractivity (Wildman–Crippen MR) is 86.2 cm³/mol. The van der Waals surface area contributed by atoms with Crippen LogP contribution in [0.15, 0.2) is 10.7 Å². The number of rotatable bonds is 6. The number of anilines is 1. The van der Waals surface area contributed by atoms with Gasteiger partial charge in [-0.2, -0.15) is 0 Å². The summed E-state index contributed by atoms with van der Waals surface area (Å²) in [6.07, 6.45) is 1.99. The van der Waals surface area contributed by atoms with Gasteiger partial charge >= 0.3 is 0 Å². The van der Waals surface area contributed by atoms with Crippen LogP contribution < -0.4 is 5.32 Å². The standard InChI is InChI=1S/C14H24BrN5/c1-3-4-13-17-12(15)11-14(18-13)16-5-6-20-9-7-19(2)8-10-20/h11H,3-10H2,1-2H3,(H,16,17,18). The zero-order chi connectivity index (χ0) is 14.4. The smallest absolute Gasteiger partial charge is 0.132 e. The molecule has 1 N–H and O–H groups in total. The number of nitrogens with zero attached hydrogens (tertiary/aromatic N) is 4. The molecule has 1 aliphatic rings. The van der Waals surface area contributed by atoms with Gasteiger partial charge in [-0.15, -0.1) is 0 Å². The van der Waals surface area contributed by atoms with Gasteiger partial charge in [0.25, 0.3) is 0 Å². The summed E-state index contributed by atoms with van der Waals surface area (Å²) in [7, 11) is 2.18. The van der Waals surface area contributed by atoms with Crippen LogP contribution in [-0.4, -0.2) is 66.1 Å². The Hall–Kier alpha value is -0.720. The predicted octanol–water partition coefficient (Wildman–Crippen LogP) is 1.85. The number of hydrogen-bond acceptors (Lipinski definition) is 5. The summed E-state index contributed by atoms with van der Waals surface area (Å²) in [5.41, 5.74) is 0. The molecule has 0 aromatic carbocycles. The maximum atomic E-state index is 4.54. The first kappa shape index (κ1) is 15.7. The van der Waals surface area contributed by atoms with Crippen LogP contribution in [0, 0.1) is 0 Å². The second kappa shape index (κ2) is 7.90. The molecule has 1 aromatic heterocycles. The Labute approximate surface area is 129 Å². The molecule has 0 unspecified atom stereocenters. The SMILES string of the molecule is CCCc1nc(Br)cc(NCCN2CCN(C)CC2)n1. The van der Waals surface area contributed by atoms with Crippen LogP contribution in [0.5, 0.6) is 0 Å². The van der Waals surface area contributed by atoms with E-state index in [1.54, 1.807) is 0 Å². The van der Waals surface area contributed by atoms with Crippen molar-refractivity contribution >= 4 is 21.7 Å². The molecule has 1 aromatic rings. The molecule has 0 spiro atoms. The fourth-order valence-corrected chi connectivity index (χ4v) is 2.73. The van der Waals surface area contributed by atoms with Gasteiger partial charge in [-0.25, -0.2) is 9.97 Å². The van der Waals surface area contributed by atoms with E-state index in [0.29, 0.717) is 0 Å². The van der Waals surface area contributed by atoms with Gasteiger partial charge < -0.3 is 10.2 Å². The molecule has 0 amide bonds. The van der Waals surface area contributed by atoms with Gasteiger partial charge in [-0.1, -0.05) is 6.92 Å². The Bertz CT molecular complexity index is 418. The van der Waals surface area contributed by atoms with Crippen molar-refractivity contribution in [1.29, 1.82) is 0 Å². The highest BCUT2D eigenvalue weighted by Crippen LogP contribution is 2.13. The van der Waals surface area contributed by atoms with Crippen molar-refractivity contribution in [3.05, 3.63) is 16.5 Å². The number of likely N-dealkylation sites (N-methyl/N-ethyl adjacent to an activating group) is 1. The fourth-order valence-electron chi connectivity index (χ4n) is 2.30. The van der Waals surface area contributed by atoms with E-state index in [4.69, 9.17) is 0 Å². The first-order valence-corrected chi connectivity index (χ1v) is 8.15. The minimum Gasteiger partial charge on any atom is -0.369 e. The van der Waals surface area contributed by atoms with Crippen LogP contribution in [0.25, 0.3) is 0 Å². The molecule has 0 aliphatic carbocycles. The van der Waals surface area contributed by atoms with E-state index in [2.05, 4.69) is 55.0 Å². The van der Waals surface area contributed by atoms with Gasteiger partial charge in [0.15, 0.2) is 0 Å². The van der Waals surface area contributed by atoms with Crippen LogP contribution in [0.3, 0.4) is 0 Å². The number of piperazine rings is 1. The highest BCUT2D eigenvalue weighted by molar-refractivity contribution is 9.10. The highest BCUT2D eigenvalue weighted by Gasteiger charge is 2.12. The first-order valence-electron chi connectivity index (χ1n) is 7.35. The first-order chi connectivity index (χ1) is 9.67. The minimum absolute atomic E-state index is 0.859. The van der Waals surface area contributed by atoms with Crippen molar-refractivity contribution in [2.75, 3.05) is 51.6 Å². The minimum atomic E-state index is 0.859. The van der Waals surface area contributed by atoms with Crippen molar-refractivity contribution in [1.82, 2.24) is 19.8 Å². The van der Waals surface area contributed by atoms with E-state index >= 15 is 0 Å². The molecule has 0 saturated carbocycles. The zero-order valence-electron chi connectivity index (χ0n) is 12.4. The summed E-state index contributed by atoms with van der Waals surface area (Å²) in [6, 6.07) is 1.95. The number of aromatic nitrogens is 2. The molecule has 2 heterocycles. The van der Waals surface area contributed by atoms with E-state index < -0.39 is 0 Å². The van der Waals surface area contributed by atoms with Crippen molar-refractivity contribution in [2.45, 2.75) is 19.8 Å². The van der Waals surface area contributed by atoms with Crippen molar-refractivity contribution in [2.24, 2.45) is 0 Å². The van der Waals surface area contributed by atoms with Gasteiger partial charge in [-0.05, 0) is 29.4 Å². The maximum Gasteiger partial charge on any atom is 0.132 e. The Morgan fingerprint density at radius 1 is 1.25 bits per heavy atom. The maximum absolute atomic E-state index is 4.54. The van der Waals surface area contributed by atoms with Gasteiger partial charge in [0.05, 0.1) is 0 Å². The third-order valence-corrected chi connectivity index (χ3v) is 3.95. The van der Waals surface area contributed by atoms with Gasteiger partial charge in [-0.3, -0.25) is 4.90 Å². The topological polar surface area (TPSA) is 44.3 Å². The lowest BCUT2D eigenvalue weighted by molar-refractivity contribution is 0.158. The lowest BCUT2D eigenvalue weighted by Gasteiger charge is -2.32. The lowest BCUT2D eigenvalue weighted by atomic mass is 10.3. The van der Waals surface area contributed by atoms with Gasteiger partial charge in [0, 0.05) is 51.8 Å². The number of aryl methyl sites for hydroxylation is 1. The summed E-state index contributed by atoms with van der Waals surface area (Å²) in [6.45, 7) is 8.79. The largest absolute Gasteiger partial charge is 0.369 e. The summed E-state index contributed by atoms with van der Waals surface area (Å²) < 4.78 is 0.859. The van der Waals surface area contributed by atoms with Crippen LogP contribution in [0.1, 0.15) is 19.2 Å². The molecular weight excluding hydrogens is 318 g/mol. The third kappa shape index (κ3) is 5.00. The summed E-state index contributed by atoms with van der Waals surface area (Å²) in [4.78, 5) is 13.8. The number of hydrogen-bond donors (Lipinski definition) is 1. The average Bonchev–Trinajstić information content (AvgIpc) is 2.41. The van der Waals surface area contributed by atoms with E-state index in [-0.39, 0.29) is 0 Å². The molecule has 1 saturated heterocycles. The quantitative estimate of drug-likeness (QED) is 0.800. The molecule has 0 radical (unpaired) electrons. The molecule has 112 valence electrons. The van der Waals surface area contributed by atoms with Crippen LogP contribution >= 0.6 is 15.9 Å². The molecule has 6 heteroatoms. The van der Waals surface area contributed by atoms with Crippen molar-refractivity contribution in [3.63, 3.8) is 0 Å². The molecule has 1 aliphatic heterocycles. The molecule has 0 bridgehead atoms. The number of nitrogens with one attached hydrogen (secondary N) is 1. The van der Waals surface area contributed by atoms with Crippen molar-refractivity contribution < 1.29 is 0 Å². The normalized spacial score (nSPS) is 17.4. The van der Waals surface area contributed by atoms with Gasteiger partial charge in [0.2, 0.25) is 0 Å². The Morgan fingerprint density at radius 2 is 2.00 bits per heavy atom. The molecular formula is C14H24BrN5. The molecule has 20 heavy (non-hydrogen) atoms. The zero-order valence-corrected chi connectivity index (χ0v) is 14.0. The summed E-state index contributed by atoms with van der Waals surface area (Å²) >= 11 is 3.45. The van der Waals surface area contributed by atoms with E-state index in [9.17, 15) is 0 Å². The van der Waals surface area contributed by atoms with E-state index in [1.165, 1.54) is 13.1 Å². The average molecular weight is 342 g/mol. The van der Waals surface area contributed by atoms with Crippen LogP contribution in [0.4, 0.5) is 5.82 Å². The van der Waals surface area contributed by atoms with E-state index in [1.807, 2.05) is 6.07 Å². The Kier molecular flexibility index (Phi) is 6.19. The summed E-state index contributed by atoms with van der Waals surface area (Å²) in [5.74, 6) is 1.83. The van der Waals surface area contributed by atoms with Crippen LogP contribution in [0.2, 0.25) is 0 Å². The molecule has 5 nitrogen and oxygen atoms in total. The number of halogens is 1. The Morgan fingerprint density at radius 3 is 2.70 bits per heavy atom. The Balaban J connectivity index is 1.78. The second-order valence-corrected chi connectivity index (χ2v) is 6.13. The molecule has 2 rings (SSSR count). The van der Waals surface area contributed by atoms with E-state index in [0.717, 1.165) is 55.3 Å². The highest BCUT2D eigenvalue weighted by atomic mass is 79.9. The third-order valence-electron chi connectivity index (χ3n) is 3.54. The monoisotopic (exact) mass is 341 g/mol. The fraction of sp³-hybridized carbons (Fsp3) is 0.714. The lowest BCUT2D eigenvalue weighted by Crippen LogP contribution is -2.45. The van der Waals surface area contributed by atoms with Crippen molar-refractivity contribution in [3.8, 4) is 0 Å². The second-order valence-electron chi connectivity index (χ2n) is 5.31.